The highest BCUT2D eigenvalue weighted by atomic mass is 19.1. The van der Waals surface area contributed by atoms with Crippen molar-refractivity contribution in [1.29, 1.82) is 0 Å². The molecule has 6 nitrogen and oxygen atoms in total. The van der Waals surface area contributed by atoms with Crippen molar-refractivity contribution < 1.29 is 9.18 Å². The van der Waals surface area contributed by atoms with Gasteiger partial charge in [-0.15, -0.1) is 0 Å². The molecule has 4 aromatic rings. The minimum absolute atomic E-state index is 0.0836. The molecule has 4 rings (SSSR count). The van der Waals surface area contributed by atoms with Gasteiger partial charge < -0.3 is 10.3 Å². The fourth-order valence-corrected chi connectivity index (χ4v) is 3.46. The van der Waals surface area contributed by atoms with Gasteiger partial charge in [0.15, 0.2) is 0 Å². The molecule has 2 N–H and O–H groups in total. The Hall–Kier alpha value is -4.13. The molecule has 0 aliphatic heterocycles. The average Bonchev–Trinajstić information content (AvgIpc) is 2.81. The first-order valence-electron chi connectivity index (χ1n) is 10.2. The van der Waals surface area contributed by atoms with Crippen molar-refractivity contribution in [1.82, 2.24) is 20.3 Å². The van der Waals surface area contributed by atoms with E-state index in [4.69, 9.17) is 0 Å². The van der Waals surface area contributed by atoms with E-state index in [2.05, 4.69) is 20.3 Å². The molecule has 0 spiro atoms. The van der Waals surface area contributed by atoms with E-state index in [1.165, 1.54) is 12.1 Å². The summed E-state index contributed by atoms with van der Waals surface area (Å²) in [5.41, 5.74) is 2.10. The third-order valence-corrected chi connectivity index (χ3v) is 4.99. The van der Waals surface area contributed by atoms with Gasteiger partial charge in [0, 0.05) is 30.4 Å². The van der Waals surface area contributed by atoms with E-state index < -0.39 is 11.9 Å². The molecular formula is C25H21FN4O2. The number of hydrogen-bond acceptors (Lipinski definition) is 4. The van der Waals surface area contributed by atoms with Crippen LogP contribution in [0.25, 0.3) is 11.4 Å². The Morgan fingerprint density at radius 1 is 1.03 bits per heavy atom. The van der Waals surface area contributed by atoms with Crippen LogP contribution in [0.15, 0.2) is 90.0 Å². The Morgan fingerprint density at radius 2 is 1.81 bits per heavy atom. The first-order valence-corrected chi connectivity index (χ1v) is 10.2. The summed E-state index contributed by atoms with van der Waals surface area (Å²) in [5.74, 6) is -0.331. The molecule has 1 unspecified atom stereocenters. The normalized spacial score (nSPS) is 11.7. The number of nitrogens with zero attached hydrogens (tertiary/aromatic N) is 2. The van der Waals surface area contributed by atoms with E-state index in [1.807, 2.05) is 30.3 Å². The number of carbonyl (C=O) groups is 1. The lowest BCUT2D eigenvalue weighted by molar-refractivity contribution is -0.121. The lowest BCUT2D eigenvalue weighted by Gasteiger charge is -2.19. The molecule has 1 atom stereocenters. The van der Waals surface area contributed by atoms with Crippen LogP contribution in [0.3, 0.4) is 0 Å². The van der Waals surface area contributed by atoms with E-state index in [0.29, 0.717) is 29.1 Å². The lowest BCUT2D eigenvalue weighted by atomic mass is 10.0. The number of amides is 1. The van der Waals surface area contributed by atoms with Gasteiger partial charge in [0.25, 0.3) is 5.56 Å². The lowest BCUT2D eigenvalue weighted by Crippen LogP contribution is -2.32. The highest BCUT2D eigenvalue weighted by Gasteiger charge is 2.18. The van der Waals surface area contributed by atoms with Gasteiger partial charge in [0.1, 0.15) is 11.6 Å². The minimum Gasteiger partial charge on any atom is -0.349 e. The minimum atomic E-state index is -0.438. The average molecular weight is 428 g/mol. The van der Waals surface area contributed by atoms with E-state index >= 15 is 0 Å². The van der Waals surface area contributed by atoms with E-state index in [-0.39, 0.29) is 17.9 Å². The smallest absolute Gasteiger partial charge is 0.251 e. The maximum atomic E-state index is 14.0. The molecule has 0 saturated carbocycles. The van der Waals surface area contributed by atoms with Crippen LogP contribution < -0.4 is 10.9 Å². The third kappa shape index (κ3) is 5.31. The number of carbonyl (C=O) groups excluding carboxylic acids is 1. The molecule has 0 saturated heterocycles. The van der Waals surface area contributed by atoms with Gasteiger partial charge in [-0.3, -0.25) is 14.6 Å². The second-order valence-corrected chi connectivity index (χ2v) is 7.33. The predicted molar refractivity (Wildman–Crippen MR) is 119 cm³/mol. The van der Waals surface area contributed by atoms with Crippen LogP contribution >= 0.6 is 0 Å². The first-order chi connectivity index (χ1) is 15.6. The van der Waals surface area contributed by atoms with Gasteiger partial charge in [-0.2, -0.15) is 0 Å². The van der Waals surface area contributed by atoms with Crippen LogP contribution in [0.4, 0.5) is 4.39 Å². The second kappa shape index (κ2) is 9.78. The van der Waals surface area contributed by atoms with Crippen LogP contribution in [-0.4, -0.2) is 20.9 Å². The van der Waals surface area contributed by atoms with E-state index in [0.717, 1.165) is 5.56 Å². The summed E-state index contributed by atoms with van der Waals surface area (Å²) in [5, 5.41) is 2.97. The Bertz CT molecular complexity index is 1260. The van der Waals surface area contributed by atoms with Crippen LogP contribution in [0.5, 0.6) is 0 Å². The molecule has 32 heavy (non-hydrogen) atoms. The van der Waals surface area contributed by atoms with Crippen molar-refractivity contribution in [2.24, 2.45) is 0 Å². The number of pyridine rings is 1. The van der Waals surface area contributed by atoms with Crippen LogP contribution in [0.2, 0.25) is 0 Å². The Balaban J connectivity index is 1.59. The van der Waals surface area contributed by atoms with Crippen molar-refractivity contribution in [2.45, 2.75) is 18.9 Å². The summed E-state index contributed by atoms with van der Waals surface area (Å²) in [7, 11) is 0. The Kier molecular flexibility index (Phi) is 6.46. The molecule has 0 radical (unpaired) electrons. The molecule has 0 bridgehead atoms. The van der Waals surface area contributed by atoms with Crippen molar-refractivity contribution in [2.75, 3.05) is 0 Å². The summed E-state index contributed by atoms with van der Waals surface area (Å²) < 4.78 is 14.0. The predicted octanol–water partition coefficient (Wildman–Crippen LogP) is 3.61. The van der Waals surface area contributed by atoms with Gasteiger partial charge >= 0.3 is 0 Å². The highest BCUT2D eigenvalue weighted by Crippen LogP contribution is 2.19. The van der Waals surface area contributed by atoms with Crippen molar-refractivity contribution in [3.05, 3.63) is 118 Å². The fourth-order valence-electron chi connectivity index (χ4n) is 3.46. The van der Waals surface area contributed by atoms with Crippen LogP contribution in [0, 0.1) is 5.82 Å². The highest BCUT2D eigenvalue weighted by molar-refractivity contribution is 5.79. The van der Waals surface area contributed by atoms with Crippen LogP contribution in [-0.2, 0) is 17.6 Å². The maximum Gasteiger partial charge on any atom is 0.251 e. The van der Waals surface area contributed by atoms with Crippen molar-refractivity contribution in [3.8, 4) is 11.4 Å². The zero-order chi connectivity index (χ0) is 22.3. The molecule has 0 aliphatic carbocycles. The van der Waals surface area contributed by atoms with Crippen LogP contribution in [0.1, 0.15) is 22.9 Å². The fraction of sp³-hybridized carbons (Fsp3) is 0.120. The molecular weight excluding hydrogens is 407 g/mol. The summed E-state index contributed by atoms with van der Waals surface area (Å²) >= 11 is 0. The summed E-state index contributed by atoms with van der Waals surface area (Å²) in [4.78, 5) is 36.3. The number of hydrogen-bond donors (Lipinski definition) is 2. The van der Waals surface area contributed by atoms with Gasteiger partial charge in [-0.25, -0.2) is 9.37 Å². The number of aromatic nitrogens is 3. The molecule has 1 amide bonds. The number of benzene rings is 2. The topological polar surface area (TPSA) is 87.7 Å². The Morgan fingerprint density at radius 3 is 2.56 bits per heavy atom. The van der Waals surface area contributed by atoms with Gasteiger partial charge in [0.05, 0.1) is 18.2 Å². The largest absolute Gasteiger partial charge is 0.349 e. The number of H-pyrrole nitrogens is 1. The van der Waals surface area contributed by atoms with Crippen molar-refractivity contribution >= 4 is 5.91 Å². The molecule has 7 heteroatoms. The molecule has 0 fully saturated rings. The number of rotatable bonds is 7. The van der Waals surface area contributed by atoms with E-state index in [1.54, 1.807) is 42.7 Å². The first kappa shape index (κ1) is 21.1. The van der Waals surface area contributed by atoms with E-state index in [9.17, 15) is 14.0 Å². The molecule has 2 aromatic carbocycles. The molecule has 2 heterocycles. The summed E-state index contributed by atoms with van der Waals surface area (Å²) in [6, 6.07) is 20.2. The standard InChI is InChI=1S/C25H21FN4O2/c26-21-11-5-4-9-18(21)13-23(31)29-22(17-7-2-1-3-8-17)14-20-15-24(32)30-25(28-20)19-10-6-12-27-16-19/h1-12,15-16,22H,13-14H2,(H,29,31)(H,28,30,32). The third-order valence-electron chi connectivity index (χ3n) is 4.99. The quantitative estimate of drug-likeness (QED) is 0.471. The molecule has 2 aromatic heterocycles. The monoisotopic (exact) mass is 428 g/mol. The zero-order valence-electron chi connectivity index (χ0n) is 17.2. The van der Waals surface area contributed by atoms with Gasteiger partial charge in [0.2, 0.25) is 5.91 Å². The maximum absolute atomic E-state index is 14.0. The van der Waals surface area contributed by atoms with Gasteiger partial charge in [-0.1, -0.05) is 48.5 Å². The summed E-state index contributed by atoms with van der Waals surface area (Å²) in [6.07, 6.45) is 3.47. The van der Waals surface area contributed by atoms with Gasteiger partial charge in [-0.05, 0) is 29.3 Å². The van der Waals surface area contributed by atoms with Crippen molar-refractivity contribution in [3.63, 3.8) is 0 Å². The number of halogens is 1. The summed E-state index contributed by atoms with van der Waals surface area (Å²) in [6.45, 7) is 0. The molecule has 160 valence electrons. The Labute approximate surface area is 184 Å². The second-order valence-electron chi connectivity index (χ2n) is 7.33. The number of nitrogens with one attached hydrogen (secondary N) is 2. The SMILES string of the molecule is O=C(Cc1ccccc1F)NC(Cc1cc(=O)[nH]c(-c2cccnc2)n1)c1ccccc1. The molecule has 0 aliphatic rings. The zero-order valence-corrected chi connectivity index (χ0v) is 17.2. The number of aromatic amines is 1.